The number of aromatic nitrogens is 2. The van der Waals surface area contributed by atoms with Crippen molar-refractivity contribution in [3.05, 3.63) is 28.4 Å². The summed E-state index contributed by atoms with van der Waals surface area (Å²) < 4.78 is 0. The highest BCUT2D eigenvalue weighted by molar-refractivity contribution is 5.74. The number of aromatic amines is 1. The number of piperidine rings is 2. The summed E-state index contributed by atoms with van der Waals surface area (Å²) in [7, 11) is 4.19. The maximum absolute atomic E-state index is 12.7. The molecule has 150 valence electrons. The quantitative estimate of drug-likeness (QED) is 0.790. The van der Waals surface area contributed by atoms with E-state index >= 15 is 0 Å². The monoisotopic (exact) mass is 376 g/mol. The highest BCUT2D eigenvalue weighted by Gasteiger charge is 2.28. The summed E-state index contributed by atoms with van der Waals surface area (Å²) >= 11 is 0. The van der Waals surface area contributed by atoms with E-state index in [0.29, 0.717) is 6.54 Å². The minimum atomic E-state index is -0.136. The lowest BCUT2D eigenvalue weighted by atomic mass is 9.94. The number of amides is 2. The van der Waals surface area contributed by atoms with Gasteiger partial charge < -0.3 is 25.0 Å². The number of carbonyl (C=O) groups is 1. The van der Waals surface area contributed by atoms with Crippen LogP contribution in [0.5, 0.6) is 0 Å². The number of likely N-dealkylation sites (tertiary alicyclic amines) is 2. The largest absolute Gasteiger partial charge is 0.335 e. The molecule has 1 aromatic heterocycles. The molecule has 2 fully saturated rings. The number of H-pyrrole nitrogens is 1. The van der Waals surface area contributed by atoms with E-state index in [9.17, 15) is 9.59 Å². The molecule has 8 heteroatoms. The Bertz CT molecular complexity index is 668. The SMILES string of the molecule is CN(C)CCN1CCC(NC(=O)N2CCCC(c3cc(=O)[nH]cn3)C2)CC1. The van der Waals surface area contributed by atoms with Crippen LogP contribution >= 0.6 is 0 Å². The Labute approximate surface area is 160 Å². The van der Waals surface area contributed by atoms with Gasteiger partial charge in [-0.3, -0.25) is 4.79 Å². The number of nitrogens with one attached hydrogen (secondary N) is 2. The van der Waals surface area contributed by atoms with Crippen LogP contribution in [0.3, 0.4) is 0 Å². The van der Waals surface area contributed by atoms with E-state index in [2.05, 4.69) is 39.2 Å². The van der Waals surface area contributed by atoms with Crippen molar-refractivity contribution >= 4 is 6.03 Å². The summed E-state index contributed by atoms with van der Waals surface area (Å²) in [6, 6.07) is 1.83. The van der Waals surface area contributed by atoms with E-state index in [4.69, 9.17) is 0 Å². The number of rotatable bonds is 5. The van der Waals surface area contributed by atoms with Crippen LogP contribution in [-0.4, -0.2) is 90.1 Å². The second-order valence-corrected chi connectivity index (χ2v) is 7.99. The number of nitrogens with zero attached hydrogens (tertiary/aromatic N) is 4. The van der Waals surface area contributed by atoms with Gasteiger partial charge in [-0.15, -0.1) is 0 Å². The van der Waals surface area contributed by atoms with Crippen molar-refractivity contribution < 1.29 is 4.79 Å². The first-order valence-electron chi connectivity index (χ1n) is 9.98. The number of hydrogen-bond donors (Lipinski definition) is 2. The Kier molecular flexibility index (Phi) is 6.84. The topological polar surface area (TPSA) is 84.6 Å². The fraction of sp³-hybridized carbons (Fsp3) is 0.737. The lowest BCUT2D eigenvalue weighted by molar-refractivity contribution is 0.156. The number of carbonyl (C=O) groups excluding carboxylic acids is 1. The van der Waals surface area contributed by atoms with Crippen molar-refractivity contribution in [1.29, 1.82) is 0 Å². The molecule has 3 rings (SSSR count). The molecule has 27 heavy (non-hydrogen) atoms. The van der Waals surface area contributed by atoms with E-state index in [-0.39, 0.29) is 23.6 Å². The van der Waals surface area contributed by atoms with Crippen LogP contribution in [0, 0.1) is 0 Å². The molecule has 2 N–H and O–H groups in total. The minimum absolute atomic E-state index is 0.0243. The average molecular weight is 377 g/mol. The van der Waals surface area contributed by atoms with E-state index < -0.39 is 0 Å². The lowest BCUT2D eigenvalue weighted by Crippen LogP contribution is -2.51. The molecule has 1 unspecified atom stereocenters. The first-order chi connectivity index (χ1) is 13.0. The van der Waals surface area contributed by atoms with Crippen LogP contribution in [0.25, 0.3) is 0 Å². The van der Waals surface area contributed by atoms with Gasteiger partial charge in [0.25, 0.3) is 5.56 Å². The number of hydrogen-bond acceptors (Lipinski definition) is 5. The van der Waals surface area contributed by atoms with E-state index in [0.717, 1.165) is 64.1 Å². The van der Waals surface area contributed by atoms with Gasteiger partial charge in [0.2, 0.25) is 0 Å². The van der Waals surface area contributed by atoms with Crippen LogP contribution in [0.15, 0.2) is 17.2 Å². The Morgan fingerprint density at radius 2 is 2.07 bits per heavy atom. The average Bonchev–Trinajstić information content (AvgIpc) is 2.67. The molecule has 0 radical (unpaired) electrons. The van der Waals surface area contributed by atoms with Crippen molar-refractivity contribution in [2.24, 2.45) is 0 Å². The van der Waals surface area contributed by atoms with Gasteiger partial charge in [0, 0.05) is 57.3 Å². The fourth-order valence-electron chi connectivity index (χ4n) is 3.92. The molecule has 2 aliphatic heterocycles. The summed E-state index contributed by atoms with van der Waals surface area (Å²) in [6.45, 7) is 5.64. The molecule has 0 saturated carbocycles. The number of urea groups is 1. The van der Waals surface area contributed by atoms with Gasteiger partial charge in [0.1, 0.15) is 0 Å². The van der Waals surface area contributed by atoms with Crippen LogP contribution in [0.4, 0.5) is 4.79 Å². The van der Waals surface area contributed by atoms with E-state index in [1.807, 2.05) is 4.90 Å². The molecule has 2 amide bonds. The molecule has 0 aliphatic carbocycles. The van der Waals surface area contributed by atoms with Gasteiger partial charge >= 0.3 is 6.03 Å². The third-order valence-corrected chi connectivity index (χ3v) is 5.60. The molecule has 0 aromatic carbocycles. The molecule has 2 aliphatic rings. The second-order valence-electron chi connectivity index (χ2n) is 7.99. The van der Waals surface area contributed by atoms with Crippen molar-refractivity contribution in [2.75, 3.05) is 53.4 Å². The maximum Gasteiger partial charge on any atom is 0.317 e. The molecule has 3 heterocycles. The highest BCUT2D eigenvalue weighted by Crippen LogP contribution is 2.24. The predicted molar refractivity (Wildman–Crippen MR) is 105 cm³/mol. The summed E-state index contributed by atoms with van der Waals surface area (Å²) in [4.78, 5) is 37.6. The third kappa shape index (κ3) is 5.77. The summed E-state index contributed by atoms with van der Waals surface area (Å²) in [5.41, 5.74) is 0.646. The standard InChI is InChI=1S/C19H32N6O2/c1-23(2)10-11-24-8-5-16(6-9-24)22-19(27)25-7-3-4-15(13-25)17-12-18(26)21-14-20-17/h12,14-16H,3-11,13H2,1-2H3,(H,22,27)(H,20,21,26). The molecule has 2 saturated heterocycles. The summed E-state index contributed by atoms with van der Waals surface area (Å²) in [5.74, 6) is 0.139. The first-order valence-corrected chi connectivity index (χ1v) is 9.98. The van der Waals surface area contributed by atoms with Crippen LogP contribution in [0.2, 0.25) is 0 Å². The maximum atomic E-state index is 12.7. The highest BCUT2D eigenvalue weighted by atomic mass is 16.2. The summed E-state index contributed by atoms with van der Waals surface area (Å²) in [5, 5.41) is 3.22. The van der Waals surface area contributed by atoms with Gasteiger partial charge in [-0.25, -0.2) is 9.78 Å². The third-order valence-electron chi connectivity index (χ3n) is 5.60. The molecule has 1 atom stereocenters. The zero-order chi connectivity index (χ0) is 19.2. The van der Waals surface area contributed by atoms with E-state index in [1.165, 1.54) is 6.33 Å². The Hall–Kier alpha value is -1.93. The fourth-order valence-corrected chi connectivity index (χ4v) is 3.92. The molecular weight excluding hydrogens is 344 g/mol. The Morgan fingerprint density at radius 1 is 1.30 bits per heavy atom. The van der Waals surface area contributed by atoms with Gasteiger partial charge in [-0.05, 0) is 39.8 Å². The smallest absolute Gasteiger partial charge is 0.317 e. The van der Waals surface area contributed by atoms with Crippen LogP contribution < -0.4 is 10.9 Å². The van der Waals surface area contributed by atoms with Crippen molar-refractivity contribution in [3.63, 3.8) is 0 Å². The van der Waals surface area contributed by atoms with Gasteiger partial charge in [0.05, 0.1) is 12.0 Å². The molecule has 0 bridgehead atoms. The Morgan fingerprint density at radius 3 is 2.78 bits per heavy atom. The van der Waals surface area contributed by atoms with Crippen molar-refractivity contribution in [2.45, 2.75) is 37.6 Å². The zero-order valence-electron chi connectivity index (χ0n) is 16.5. The zero-order valence-corrected chi connectivity index (χ0v) is 16.5. The minimum Gasteiger partial charge on any atom is -0.335 e. The molecule has 1 aromatic rings. The Balaban J connectivity index is 1.46. The normalized spacial score (nSPS) is 22.2. The van der Waals surface area contributed by atoms with Crippen LogP contribution in [0.1, 0.15) is 37.3 Å². The molecule has 0 spiro atoms. The second kappa shape index (κ2) is 9.32. The first kappa shape index (κ1) is 19.8. The van der Waals surface area contributed by atoms with Gasteiger partial charge in [0.15, 0.2) is 0 Å². The number of likely N-dealkylation sites (N-methyl/N-ethyl adjacent to an activating group) is 1. The van der Waals surface area contributed by atoms with Crippen LogP contribution in [-0.2, 0) is 0 Å². The van der Waals surface area contributed by atoms with Gasteiger partial charge in [-0.1, -0.05) is 0 Å². The van der Waals surface area contributed by atoms with Gasteiger partial charge in [-0.2, -0.15) is 0 Å². The van der Waals surface area contributed by atoms with Crippen molar-refractivity contribution in [1.82, 2.24) is 30.0 Å². The summed E-state index contributed by atoms with van der Waals surface area (Å²) in [6.07, 6.45) is 5.36. The van der Waals surface area contributed by atoms with E-state index in [1.54, 1.807) is 6.07 Å². The molecular formula is C19H32N6O2. The molecule has 8 nitrogen and oxygen atoms in total. The predicted octanol–water partition coefficient (Wildman–Crippen LogP) is 0.685. The van der Waals surface area contributed by atoms with Crippen molar-refractivity contribution in [3.8, 4) is 0 Å². The lowest BCUT2D eigenvalue weighted by Gasteiger charge is -2.36.